The van der Waals surface area contributed by atoms with E-state index in [1.54, 1.807) is 0 Å². The van der Waals surface area contributed by atoms with Crippen molar-refractivity contribution in [3.63, 3.8) is 0 Å². The number of hydrogen-bond donors (Lipinski definition) is 2. The van der Waals surface area contributed by atoms with Crippen LogP contribution in [-0.4, -0.2) is 37.4 Å². The van der Waals surface area contributed by atoms with Gasteiger partial charge in [0.15, 0.2) is 13.2 Å². The van der Waals surface area contributed by atoms with Crippen LogP contribution >= 0.6 is 0 Å². The van der Waals surface area contributed by atoms with Gasteiger partial charge in [0.05, 0.1) is 5.56 Å². The minimum atomic E-state index is -4.70. The molecule has 12 heteroatoms. The first-order chi connectivity index (χ1) is 12.4. The monoisotopic (exact) mass is 400 g/mol. The lowest BCUT2D eigenvalue weighted by Gasteiger charge is -2.15. The lowest BCUT2D eigenvalue weighted by Crippen LogP contribution is -2.42. The Morgan fingerprint density at radius 3 is 2.11 bits per heavy atom. The number of rotatable bonds is 6. The Kier molecular flexibility index (Phi) is 6.06. The van der Waals surface area contributed by atoms with Crippen LogP contribution in [0.5, 0.6) is 11.5 Å². The molecule has 1 saturated carbocycles. The van der Waals surface area contributed by atoms with Crippen molar-refractivity contribution >= 4 is 11.8 Å². The zero-order valence-corrected chi connectivity index (χ0v) is 13.5. The highest BCUT2D eigenvalue weighted by Gasteiger charge is 2.32. The minimum Gasteiger partial charge on any atom is -0.484 e. The van der Waals surface area contributed by atoms with E-state index in [1.807, 2.05) is 5.43 Å². The number of carbonyl (C=O) groups excluding carboxylic acids is 2. The van der Waals surface area contributed by atoms with Gasteiger partial charge in [-0.2, -0.15) is 26.3 Å². The van der Waals surface area contributed by atoms with Gasteiger partial charge < -0.3 is 9.47 Å². The van der Waals surface area contributed by atoms with Gasteiger partial charge in [0.2, 0.25) is 5.91 Å². The van der Waals surface area contributed by atoms with E-state index in [-0.39, 0.29) is 5.92 Å². The smallest absolute Gasteiger partial charge is 0.422 e. The summed E-state index contributed by atoms with van der Waals surface area (Å²) in [5.74, 6) is -2.76. The Morgan fingerprint density at radius 2 is 1.56 bits per heavy atom. The fourth-order valence-electron chi connectivity index (χ4n) is 1.86. The topological polar surface area (TPSA) is 76.7 Å². The Bertz CT molecular complexity index is 701. The molecule has 27 heavy (non-hydrogen) atoms. The summed E-state index contributed by atoms with van der Waals surface area (Å²) in [6.07, 6.45) is -8.06. The van der Waals surface area contributed by atoms with Gasteiger partial charge >= 0.3 is 12.4 Å². The standard InChI is InChI=1S/C15H14F6N2O4/c16-14(17,18)6-26-9-3-4-11(27-7-15(19,20)21)10(5-9)13(25)23-22-12(24)8-1-2-8/h3-5,8H,1-2,6-7H2,(H,22,24)(H,23,25). The maximum absolute atomic E-state index is 12.3. The maximum Gasteiger partial charge on any atom is 0.422 e. The van der Waals surface area contributed by atoms with Crippen molar-refractivity contribution in [3.05, 3.63) is 23.8 Å². The van der Waals surface area contributed by atoms with Gasteiger partial charge in [-0.1, -0.05) is 0 Å². The predicted octanol–water partition coefficient (Wildman–Crippen LogP) is 2.74. The van der Waals surface area contributed by atoms with E-state index in [0.717, 1.165) is 18.2 Å². The summed E-state index contributed by atoms with van der Waals surface area (Å²) in [6.45, 7) is -3.38. The van der Waals surface area contributed by atoms with Crippen molar-refractivity contribution in [2.24, 2.45) is 5.92 Å². The first-order valence-electron chi connectivity index (χ1n) is 7.58. The molecule has 2 N–H and O–H groups in total. The second kappa shape index (κ2) is 7.92. The zero-order valence-electron chi connectivity index (χ0n) is 13.5. The number of halogens is 6. The fourth-order valence-corrected chi connectivity index (χ4v) is 1.86. The van der Waals surface area contributed by atoms with E-state index >= 15 is 0 Å². The van der Waals surface area contributed by atoms with Crippen LogP contribution in [-0.2, 0) is 4.79 Å². The molecule has 0 bridgehead atoms. The Morgan fingerprint density at radius 1 is 0.963 bits per heavy atom. The lowest BCUT2D eigenvalue weighted by atomic mass is 10.2. The fraction of sp³-hybridized carbons (Fsp3) is 0.467. The molecule has 0 aliphatic heterocycles. The SMILES string of the molecule is O=C(NNC(=O)C1CC1)c1cc(OCC(F)(F)F)ccc1OCC(F)(F)F. The first kappa shape index (κ1) is 20.6. The van der Waals surface area contributed by atoms with E-state index < -0.39 is 54.4 Å². The molecule has 1 aromatic rings. The normalized spacial score (nSPS) is 14.4. The lowest BCUT2D eigenvalue weighted by molar-refractivity contribution is -0.154. The van der Waals surface area contributed by atoms with Gasteiger partial charge in [-0.3, -0.25) is 20.4 Å². The number of alkyl halides is 6. The van der Waals surface area contributed by atoms with Gasteiger partial charge in [-0.25, -0.2) is 0 Å². The van der Waals surface area contributed by atoms with Crippen molar-refractivity contribution in [1.29, 1.82) is 0 Å². The Hall–Kier alpha value is -2.66. The molecular weight excluding hydrogens is 386 g/mol. The number of amides is 2. The van der Waals surface area contributed by atoms with Gasteiger partial charge in [0.1, 0.15) is 11.5 Å². The Balaban J connectivity index is 2.13. The van der Waals surface area contributed by atoms with E-state index in [4.69, 9.17) is 0 Å². The van der Waals surface area contributed by atoms with Crippen molar-refractivity contribution in [1.82, 2.24) is 10.9 Å². The van der Waals surface area contributed by atoms with Crippen molar-refractivity contribution < 1.29 is 45.4 Å². The van der Waals surface area contributed by atoms with Crippen LogP contribution in [0.1, 0.15) is 23.2 Å². The largest absolute Gasteiger partial charge is 0.484 e. The highest BCUT2D eigenvalue weighted by atomic mass is 19.4. The van der Waals surface area contributed by atoms with Crippen LogP contribution in [0.3, 0.4) is 0 Å². The molecule has 1 aromatic carbocycles. The van der Waals surface area contributed by atoms with Crippen LogP contribution < -0.4 is 20.3 Å². The third kappa shape index (κ3) is 7.23. The van der Waals surface area contributed by atoms with E-state index in [0.29, 0.717) is 12.8 Å². The molecule has 0 heterocycles. The quantitative estimate of drug-likeness (QED) is 0.569. The van der Waals surface area contributed by atoms with Crippen LogP contribution in [0.2, 0.25) is 0 Å². The summed E-state index contributed by atoms with van der Waals surface area (Å²) >= 11 is 0. The molecule has 1 fully saturated rings. The molecule has 1 aliphatic rings. The van der Waals surface area contributed by atoms with E-state index in [2.05, 4.69) is 14.9 Å². The van der Waals surface area contributed by atoms with Gasteiger partial charge in [-0.15, -0.1) is 0 Å². The number of ether oxygens (including phenoxy) is 2. The van der Waals surface area contributed by atoms with Gasteiger partial charge in [0, 0.05) is 5.92 Å². The molecule has 0 saturated heterocycles. The molecule has 0 radical (unpaired) electrons. The first-order valence-corrected chi connectivity index (χ1v) is 7.58. The van der Waals surface area contributed by atoms with Crippen molar-refractivity contribution in [2.45, 2.75) is 25.2 Å². The van der Waals surface area contributed by atoms with Crippen LogP contribution in [0.4, 0.5) is 26.3 Å². The summed E-state index contributed by atoms with van der Waals surface area (Å²) in [5.41, 5.74) is 3.53. The average molecular weight is 400 g/mol. The summed E-state index contributed by atoms with van der Waals surface area (Å²) in [6, 6.07) is 2.59. The summed E-state index contributed by atoms with van der Waals surface area (Å²) in [7, 11) is 0. The minimum absolute atomic E-state index is 0.257. The molecule has 0 unspecified atom stereocenters. The highest BCUT2D eigenvalue weighted by molar-refractivity contribution is 5.98. The Labute approximate surface area is 148 Å². The molecule has 150 valence electrons. The van der Waals surface area contributed by atoms with Crippen molar-refractivity contribution in [2.75, 3.05) is 13.2 Å². The number of hydrogen-bond acceptors (Lipinski definition) is 4. The van der Waals surface area contributed by atoms with Gasteiger partial charge in [0.25, 0.3) is 5.91 Å². The second-order valence-corrected chi connectivity index (χ2v) is 5.68. The second-order valence-electron chi connectivity index (χ2n) is 5.68. The number of nitrogens with one attached hydrogen (secondary N) is 2. The molecule has 0 atom stereocenters. The number of benzene rings is 1. The predicted molar refractivity (Wildman–Crippen MR) is 77.9 cm³/mol. The summed E-state index contributed by atoms with van der Waals surface area (Å²) in [5, 5.41) is 0. The van der Waals surface area contributed by atoms with Gasteiger partial charge in [-0.05, 0) is 31.0 Å². The van der Waals surface area contributed by atoms with Crippen LogP contribution in [0, 0.1) is 5.92 Å². The third-order valence-electron chi connectivity index (χ3n) is 3.24. The maximum atomic E-state index is 12.3. The molecule has 0 spiro atoms. The van der Waals surface area contributed by atoms with E-state index in [9.17, 15) is 35.9 Å². The van der Waals surface area contributed by atoms with Crippen molar-refractivity contribution in [3.8, 4) is 11.5 Å². The summed E-state index contributed by atoms with van der Waals surface area (Å²) in [4.78, 5) is 23.6. The average Bonchev–Trinajstić information content (AvgIpc) is 3.39. The zero-order chi connectivity index (χ0) is 20.2. The molecular formula is C15H14F6N2O4. The van der Waals surface area contributed by atoms with Crippen LogP contribution in [0.15, 0.2) is 18.2 Å². The number of carbonyl (C=O) groups is 2. The molecule has 2 amide bonds. The summed E-state index contributed by atoms with van der Waals surface area (Å²) < 4.78 is 82.6. The molecule has 1 aliphatic carbocycles. The van der Waals surface area contributed by atoms with Crippen LogP contribution in [0.25, 0.3) is 0 Å². The molecule has 0 aromatic heterocycles. The third-order valence-corrected chi connectivity index (χ3v) is 3.24. The van der Waals surface area contributed by atoms with E-state index in [1.165, 1.54) is 0 Å². The molecule has 6 nitrogen and oxygen atoms in total. The number of hydrazine groups is 1. The highest BCUT2D eigenvalue weighted by Crippen LogP contribution is 2.29. The molecule has 2 rings (SSSR count).